The standard InChI is InChI=1S/C19H24FN3O4S/c1-22(2)28(25,26)18-11-16(9-10-17(18)27-4)21-19(24)13-23(3)12-14-5-7-15(20)8-6-14/h5-11H,12-13H2,1-4H3,(H,21,24)/p+1. The van der Waals surface area contributed by atoms with E-state index in [0.29, 0.717) is 12.2 Å². The summed E-state index contributed by atoms with van der Waals surface area (Å²) in [5, 5.41) is 2.71. The predicted molar refractivity (Wildman–Crippen MR) is 104 cm³/mol. The van der Waals surface area contributed by atoms with Crippen molar-refractivity contribution in [1.29, 1.82) is 0 Å². The Morgan fingerprint density at radius 1 is 1.18 bits per heavy atom. The van der Waals surface area contributed by atoms with Crippen molar-refractivity contribution in [3.63, 3.8) is 0 Å². The number of halogens is 1. The Morgan fingerprint density at radius 3 is 2.39 bits per heavy atom. The van der Waals surface area contributed by atoms with Gasteiger partial charge in [-0.1, -0.05) is 12.1 Å². The molecule has 0 aliphatic heterocycles. The third-order valence-corrected chi connectivity index (χ3v) is 5.92. The number of sulfonamides is 1. The molecule has 9 heteroatoms. The lowest BCUT2D eigenvalue weighted by atomic mass is 10.2. The van der Waals surface area contributed by atoms with Gasteiger partial charge in [-0.15, -0.1) is 0 Å². The minimum Gasteiger partial charge on any atom is -0.495 e. The highest BCUT2D eigenvalue weighted by Gasteiger charge is 2.23. The number of nitrogens with zero attached hydrogens (tertiary/aromatic N) is 1. The van der Waals surface area contributed by atoms with Gasteiger partial charge < -0.3 is 15.0 Å². The molecule has 0 aromatic heterocycles. The average molecular weight is 410 g/mol. The first kappa shape index (κ1) is 21.8. The fourth-order valence-corrected chi connectivity index (χ4v) is 3.72. The molecule has 28 heavy (non-hydrogen) atoms. The summed E-state index contributed by atoms with van der Waals surface area (Å²) in [4.78, 5) is 13.2. The molecule has 0 bridgehead atoms. The van der Waals surface area contributed by atoms with Gasteiger partial charge in [0.25, 0.3) is 5.91 Å². The van der Waals surface area contributed by atoms with Crippen LogP contribution in [0.25, 0.3) is 0 Å². The van der Waals surface area contributed by atoms with Crippen LogP contribution in [0, 0.1) is 5.82 Å². The second-order valence-electron chi connectivity index (χ2n) is 6.64. The third-order valence-electron chi connectivity index (χ3n) is 4.09. The van der Waals surface area contributed by atoms with E-state index in [1.807, 2.05) is 7.05 Å². The molecule has 1 unspecified atom stereocenters. The molecule has 1 amide bonds. The molecule has 152 valence electrons. The predicted octanol–water partition coefficient (Wildman–Crippen LogP) is 0.738. The van der Waals surface area contributed by atoms with Crippen LogP contribution in [-0.4, -0.2) is 53.4 Å². The Hall–Kier alpha value is -2.49. The van der Waals surface area contributed by atoms with Crippen molar-refractivity contribution in [2.75, 3.05) is 40.1 Å². The molecule has 0 radical (unpaired) electrons. The van der Waals surface area contributed by atoms with Crippen LogP contribution in [0.4, 0.5) is 10.1 Å². The smallest absolute Gasteiger partial charge is 0.279 e. The van der Waals surface area contributed by atoms with Crippen LogP contribution in [0.3, 0.4) is 0 Å². The van der Waals surface area contributed by atoms with Crippen LogP contribution in [0.5, 0.6) is 5.75 Å². The summed E-state index contributed by atoms with van der Waals surface area (Å²) in [5.74, 6) is -0.370. The van der Waals surface area contributed by atoms with Crippen molar-refractivity contribution < 1.29 is 27.2 Å². The molecule has 0 heterocycles. The number of benzene rings is 2. The molecule has 0 aliphatic carbocycles. The number of rotatable bonds is 8. The zero-order valence-corrected chi connectivity index (χ0v) is 17.1. The number of carbonyl (C=O) groups is 1. The molecule has 2 N–H and O–H groups in total. The molecular weight excluding hydrogens is 385 g/mol. The Labute approximate surface area is 164 Å². The van der Waals surface area contributed by atoms with Gasteiger partial charge in [0.15, 0.2) is 6.54 Å². The van der Waals surface area contributed by atoms with E-state index in [4.69, 9.17) is 4.74 Å². The zero-order chi connectivity index (χ0) is 20.9. The monoisotopic (exact) mass is 410 g/mol. The summed E-state index contributed by atoms with van der Waals surface area (Å²) in [6, 6.07) is 10.6. The van der Waals surface area contributed by atoms with E-state index < -0.39 is 10.0 Å². The second kappa shape index (κ2) is 9.13. The quantitative estimate of drug-likeness (QED) is 0.673. The fourth-order valence-electron chi connectivity index (χ4n) is 2.65. The van der Waals surface area contributed by atoms with E-state index in [0.717, 1.165) is 14.8 Å². The largest absolute Gasteiger partial charge is 0.495 e. The van der Waals surface area contributed by atoms with E-state index >= 15 is 0 Å². The number of nitrogens with one attached hydrogen (secondary N) is 2. The fraction of sp³-hybridized carbons (Fsp3) is 0.316. The van der Waals surface area contributed by atoms with Crippen LogP contribution in [0.2, 0.25) is 0 Å². The maximum Gasteiger partial charge on any atom is 0.279 e. The van der Waals surface area contributed by atoms with Crippen molar-refractivity contribution in [1.82, 2.24) is 4.31 Å². The first-order valence-corrected chi connectivity index (χ1v) is 10.0. The first-order chi connectivity index (χ1) is 13.1. The summed E-state index contributed by atoms with van der Waals surface area (Å²) in [6.45, 7) is 0.718. The lowest BCUT2D eigenvalue weighted by Gasteiger charge is -2.17. The van der Waals surface area contributed by atoms with E-state index in [2.05, 4.69) is 5.32 Å². The molecular formula is C19H25FN3O4S+. The third kappa shape index (κ3) is 5.51. The zero-order valence-electron chi connectivity index (χ0n) is 16.3. The van der Waals surface area contributed by atoms with Gasteiger partial charge in [-0.3, -0.25) is 4.79 Å². The highest BCUT2D eigenvalue weighted by Crippen LogP contribution is 2.28. The number of methoxy groups -OCH3 is 1. The molecule has 0 saturated heterocycles. The Bertz CT molecular complexity index is 931. The van der Waals surface area contributed by atoms with Crippen molar-refractivity contribution in [3.05, 3.63) is 53.8 Å². The highest BCUT2D eigenvalue weighted by molar-refractivity contribution is 7.89. The van der Waals surface area contributed by atoms with Gasteiger partial charge >= 0.3 is 0 Å². The molecule has 2 rings (SSSR count). The number of likely N-dealkylation sites (N-methyl/N-ethyl adjacent to an activating group) is 1. The molecule has 7 nitrogen and oxygen atoms in total. The summed E-state index contributed by atoms with van der Waals surface area (Å²) < 4.78 is 44.1. The van der Waals surface area contributed by atoms with Crippen LogP contribution in [-0.2, 0) is 21.4 Å². The van der Waals surface area contributed by atoms with Crippen LogP contribution in [0.1, 0.15) is 5.56 Å². The first-order valence-electron chi connectivity index (χ1n) is 8.59. The lowest BCUT2D eigenvalue weighted by Crippen LogP contribution is -3.08. The van der Waals surface area contributed by atoms with Crippen molar-refractivity contribution in [3.8, 4) is 5.75 Å². The number of carbonyl (C=O) groups excluding carboxylic acids is 1. The topological polar surface area (TPSA) is 80.1 Å². The van der Waals surface area contributed by atoms with Crippen LogP contribution in [0.15, 0.2) is 47.4 Å². The van der Waals surface area contributed by atoms with Crippen molar-refractivity contribution in [2.24, 2.45) is 0 Å². The molecule has 2 aromatic carbocycles. The van der Waals surface area contributed by atoms with Gasteiger partial charge in [-0.25, -0.2) is 17.1 Å². The van der Waals surface area contributed by atoms with Gasteiger partial charge in [-0.2, -0.15) is 0 Å². The molecule has 0 saturated carbocycles. The lowest BCUT2D eigenvalue weighted by molar-refractivity contribution is -0.885. The van der Waals surface area contributed by atoms with Gasteiger partial charge in [0, 0.05) is 25.3 Å². The molecule has 0 fully saturated rings. The number of hydrogen-bond donors (Lipinski definition) is 2. The summed E-state index contributed by atoms with van der Waals surface area (Å²) in [7, 11) is 2.36. The van der Waals surface area contributed by atoms with E-state index in [9.17, 15) is 17.6 Å². The normalized spacial score (nSPS) is 12.6. The summed E-state index contributed by atoms with van der Waals surface area (Å²) >= 11 is 0. The number of amides is 1. The number of hydrogen-bond acceptors (Lipinski definition) is 4. The second-order valence-corrected chi connectivity index (χ2v) is 8.76. The van der Waals surface area contributed by atoms with E-state index in [-0.39, 0.29) is 28.9 Å². The highest BCUT2D eigenvalue weighted by atomic mass is 32.2. The van der Waals surface area contributed by atoms with Gasteiger partial charge in [-0.05, 0) is 30.3 Å². The van der Waals surface area contributed by atoms with Crippen molar-refractivity contribution in [2.45, 2.75) is 11.4 Å². The van der Waals surface area contributed by atoms with E-state index in [1.54, 1.807) is 18.2 Å². The minimum absolute atomic E-state index is 0.0233. The van der Waals surface area contributed by atoms with Crippen molar-refractivity contribution >= 4 is 21.6 Å². The van der Waals surface area contributed by atoms with Crippen LogP contribution < -0.4 is 15.0 Å². The number of quaternary nitrogens is 1. The van der Waals surface area contributed by atoms with Gasteiger partial charge in [0.05, 0.1) is 14.2 Å². The Morgan fingerprint density at radius 2 is 1.82 bits per heavy atom. The summed E-state index contributed by atoms with van der Waals surface area (Å²) in [5.41, 5.74) is 1.27. The molecule has 0 aliphatic rings. The molecule has 2 aromatic rings. The Balaban J connectivity index is 2.08. The Kier molecular flexibility index (Phi) is 7.11. The summed E-state index contributed by atoms with van der Waals surface area (Å²) in [6.07, 6.45) is 0. The molecule has 0 spiro atoms. The van der Waals surface area contributed by atoms with Gasteiger partial charge in [0.2, 0.25) is 10.0 Å². The number of anilines is 1. The maximum absolute atomic E-state index is 13.0. The minimum atomic E-state index is -3.72. The van der Waals surface area contributed by atoms with Gasteiger partial charge in [0.1, 0.15) is 23.0 Å². The SMILES string of the molecule is COc1ccc(NC(=O)C[NH+](C)Cc2ccc(F)cc2)cc1S(=O)(=O)N(C)C. The number of ether oxygens (including phenoxy) is 1. The average Bonchev–Trinajstić information content (AvgIpc) is 2.63. The molecule has 1 atom stereocenters. The van der Waals surface area contributed by atoms with E-state index in [1.165, 1.54) is 45.5 Å². The van der Waals surface area contributed by atoms with Crippen LogP contribution >= 0.6 is 0 Å². The maximum atomic E-state index is 13.0.